The molecule has 0 aromatic rings. The maximum absolute atomic E-state index is 11.8. The molecule has 88 valence electrons. The van der Waals surface area contributed by atoms with Crippen molar-refractivity contribution < 1.29 is 9.90 Å². The van der Waals surface area contributed by atoms with Gasteiger partial charge in [0, 0.05) is 25.2 Å². The Kier molecular flexibility index (Phi) is 4.88. The van der Waals surface area contributed by atoms with Crippen molar-refractivity contribution in [1.29, 1.82) is 0 Å². The molecule has 0 bridgehead atoms. The number of aliphatic hydroxyl groups excluding tert-OH is 1. The van der Waals surface area contributed by atoms with Crippen molar-refractivity contribution >= 4 is 6.03 Å². The second-order valence-corrected chi connectivity index (χ2v) is 4.23. The first-order valence-corrected chi connectivity index (χ1v) is 5.87. The Hall–Kier alpha value is -0.770. The summed E-state index contributed by atoms with van der Waals surface area (Å²) in [5.74, 6) is 0. The van der Waals surface area contributed by atoms with Gasteiger partial charge in [0.25, 0.3) is 0 Å². The van der Waals surface area contributed by atoms with Crippen LogP contribution < -0.4 is 5.32 Å². The molecule has 1 unspecified atom stereocenters. The smallest absolute Gasteiger partial charge is 0.317 e. The Labute approximate surface area is 91.6 Å². The summed E-state index contributed by atoms with van der Waals surface area (Å²) in [6, 6.07) is 0.669. The predicted molar refractivity (Wildman–Crippen MR) is 59.7 cm³/mol. The van der Waals surface area contributed by atoms with Gasteiger partial charge in [-0.05, 0) is 39.5 Å². The van der Waals surface area contributed by atoms with E-state index < -0.39 is 0 Å². The minimum atomic E-state index is 0.0467. The van der Waals surface area contributed by atoms with Crippen molar-refractivity contribution in [2.24, 2.45) is 0 Å². The lowest BCUT2D eigenvalue weighted by Crippen LogP contribution is -2.44. The maximum atomic E-state index is 11.8. The van der Waals surface area contributed by atoms with E-state index in [-0.39, 0.29) is 18.7 Å². The van der Waals surface area contributed by atoms with Gasteiger partial charge >= 0.3 is 6.03 Å². The minimum absolute atomic E-state index is 0.0467. The van der Waals surface area contributed by atoms with Crippen LogP contribution in [-0.4, -0.2) is 41.3 Å². The second-order valence-electron chi connectivity index (χ2n) is 4.23. The molecular weight excluding hydrogens is 192 g/mol. The predicted octanol–water partition coefficient (Wildman–Crippen LogP) is 1.34. The van der Waals surface area contributed by atoms with Crippen LogP contribution in [0, 0.1) is 0 Å². The van der Waals surface area contributed by atoms with E-state index in [2.05, 4.69) is 5.32 Å². The van der Waals surface area contributed by atoms with Crippen molar-refractivity contribution in [3.05, 3.63) is 0 Å². The standard InChI is InChI=1S/C11H22N2O2/c1-3-13(10-6-7-10)11(15)12-9(2)5-4-8-14/h9-10,14H,3-8H2,1-2H3,(H,12,15). The average molecular weight is 214 g/mol. The molecule has 0 saturated heterocycles. The van der Waals surface area contributed by atoms with E-state index in [4.69, 9.17) is 5.11 Å². The first kappa shape index (κ1) is 12.3. The normalized spacial score (nSPS) is 17.3. The zero-order valence-electron chi connectivity index (χ0n) is 9.70. The van der Waals surface area contributed by atoms with Gasteiger partial charge in [0.15, 0.2) is 0 Å². The molecule has 1 fully saturated rings. The summed E-state index contributed by atoms with van der Waals surface area (Å²) in [4.78, 5) is 13.7. The summed E-state index contributed by atoms with van der Waals surface area (Å²) in [5, 5.41) is 11.6. The Morgan fingerprint density at radius 1 is 1.60 bits per heavy atom. The molecular formula is C11H22N2O2. The van der Waals surface area contributed by atoms with Crippen molar-refractivity contribution in [1.82, 2.24) is 10.2 Å². The summed E-state index contributed by atoms with van der Waals surface area (Å²) in [6.07, 6.45) is 3.88. The number of carbonyl (C=O) groups excluding carboxylic acids is 1. The minimum Gasteiger partial charge on any atom is -0.396 e. The lowest BCUT2D eigenvalue weighted by Gasteiger charge is -2.23. The number of nitrogens with one attached hydrogen (secondary N) is 1. The van der Waals surface area contributed by atoms with E-state index in [0.29, 0.717) is 6.04 Å². The third kappa shape index (κ3) is 4.08. The summed E-state index contributed by atoms with van der Waals surface area (Å²) >= 11 is 0. The van der Waals surface area contributed by atoms with E-state index in [1.54, 1.807) is 0 Å². The molecule has 1 saturated carbocycles. The number of hydrogen-bond acceptors (Lipinski definition) is 2. The van der Waals surface area contributed by atoms with Gasteiger partial charge in [-0.15, -0.1) is 0 Å². The average Bonchev–Trinajstić information content (AvgIpc) is 3.00. The SMILES string of the molecule is CCN(C(=O)NC(C)CCCO)C1CC1. The van der Waals surface area contributed by atoms with Crippen molar-refractivity contribution in [2.75, 3.05) is 13.2 Å². The van der Waals surface area contributed by atoms with Gasteiger partial charge in [0.1, 0.15) is 0 Å². The molecule has 1 aliphatic rings. The molecule has 0 aromatic carbocycles. The van der Waals surface area contributed by atoms with Crippen LogP contribution in [0.1, 0.15) is 39.5 Å². The molecule has 4 nitrogen and oxygen atoms in total. The Bertz CT molecular complexity index is 205. The lowest BCUT2D eigenvalue weighted by molar-refractivity contribution is 0.192. The van der Waals surface area contributed by atoms with Crippen LogP contribution in [0.2, 0.25) is 0 Å². The van der Waals surface area contributed by atoms with Crippen molar-refractivity contribution in [2.45, 2.75) is 51.6 Å². The fourth-order valence-corrected chi connectivity index (χ4v) is 1.72. The summed E-state index contributed by atoms with van der Waals surface area (Å²) < 4.78 is 0. The lowest BCUT2D eigenvalue weighted by atomic mass is 10.2. The molecule has 4 heteroatoms. The largest absolute Gasteiger partial charge is 0.396 e. The Balaban J connectivity index is 2.26. The number of hydrogen-bond donors (Lipinski definition) is 2. The number of nitrogens with zero attached hydrogens (tertiary/aromatic N) is 1. The number of rotatable bonds is 6. The zero-order chi connectivity index (χ0) is 11.3. The zero-order valence-corrected chi connectivity index (χ0v) is 9.70. The highest BCUT2D eigenvalue weighted by Crippen LogP contribution is 2.26. The quantitative estimate of drug-likeness (QED) is 0.701. The fourth-order valence-electron chi connectivity index (χ4n) is 1.72. The van der Waals surface area contributed by atoms with Crippen LogP contribution in [0.5, 0.6) is 0 Å². The van der Waals surface area contributed by atoms with Crippen LogP contribution in [0.25, 0.3) is 0 Å². The molecule has 1 rings (SSSR count). The van der Waals surface area contributed by atoms with Gasteiger partial charge in [-0.3, -0.25) is 0 Å². The number of amides is 2. The van der Waals surface area contributed by atoms with Crippen molar-refractivity contribution in [3.63, 3.8) is 0 Å². The second kappa shape index (κ2) is 5.95. The molecule has 0 heterocycles. The molecule has 0 aromatic heterocycles. The van der Waals surface area contributed by atoms with Crippen LogP contribution in [-0.2, 0) is 0 Å². The first-order chi connectivity index (χ1) is 7.19. The summed E-state index contributed by atoms with van der Waals surface area (Å²) in [5.41, 5.74) is 0. The van der Waals surface area contributed by atoms with E-state index in [1.807, 2.05) is 18.7 Å². The van der Waals surface area contributed by atoms with Crippen LogP contribution in [0.4, 0.5) is 4.79 Å². The number of urea groups is 1. The summed E-state index contributed by atoms with van der Waals surface area (Å²) in [7, 11) is 0. The van der Waals surface area contributed by atoms with Gasteiger partial charge < -0.3 is 15.3 Å². The Morgan fingerprint density at radius 3 is 2.73 bits per heavy atom. The van der Waals surface area contributed by atoms with E-state index >= 15 is 0 Å². The topological polar surface area (TPSA) is 52.6 Å². The van der Waals surface area contributed by atoms with Crippen LogP contribution >= 0.6 is 0 Å². The number of carbonyl (C=O) groups is 1. The third-order valence-corrected chi connectivity index (χ3v) is 2.75. The first-order valence-electron chi connectivity index (χ1n) is 5.87. The molecule has 0 aliphatic heterocycles. The monoisotopic (exact) mass is 214 g/mol. The van der Waals surface area contributed by atoms with Gasteiger partial charge in [-0.1, -0.05) is 0 Å². The molecule has 1 atom stereocenters. The maximum Gasteiger partial charge on any atom is 0.317 e. The van der Waals surface area contributed by atoms with Crippen molar-refractivity contribution in [3.8, 4) is 0 Å². The molecule has 1 aliphatic carbocycles. The molecule has 0 radical (unpaired) electrons. The van der Waals surface area contributed by atoms with Gasteiger partial charge in [-0.25, -0.2) is 4.79 Å². The Morgan fingerprint density at radius 2 is 2.27 bits per heavy atom. The fraction of sp³-hybridized carbons (Fsp3) is 0.909. The van der Waals surface area contributed by atoms with E-state index in [1.165, 1.54) is 0 Å². The molecule has 2 amide bonds. The van der Waals surface area contributed by atoms with Gasteiger partial charge in [0.05, 0.1) is 0 Å². The number of aliphatic hydroxyl groups is 1. The highest BCUT2D eigenvalue weighted by Gasteiger charge is 2.31. The van der Waals surface area contributed by atoms with Crippen LogP contribution in [0.15, 0.2) is 0 Å². The van der Waals surface area contributed by atoms with E-state index in [0.717, 1.165) is 32.2 Å². The highest BCUT2D eigenvalue weighted by molar-refractivity contribution is 5.75. The molecule has 0 spiro atoms. The molecule has 2 N–H and O–H groups in total. The highest BCUT2D eigenvalue weighted by atomic mass is 16.3. The van der Waals surface area contributed by atoms with E-state index in [9.17, 15) is 4.79 Å². The van der Waals surface area contributed by atoms with Gasteiger partial charge in [0.2, 0.25) is 0 Å². The summed E-state index contributed by atoms with van der Waals surface area (Å²) in [6.45, 7) is 4.97. The third-order valence-electron chi connectivity index (χ3n) is 2.75. The molecule has 15 heavy (non-hydrogen) atoms. The van der Waals surface area contributed by atoms with Gasteiger partial charge in [-0.2, -0.15) is 0 Å². The van der Waals surface area contributed by atoms with Crippen LogP contribution in [0.3, 0.4) is 0 Å².